The molecule has 1 aliphatic carbocycles. The van der Waals surface area contributed by atoms with Gasteiger partial charge in [-0.15, -0.1) is 0 Å². The smallest absolute Gasteiger partial charge is 0.0986 e. The van der Waals surface area contributed by atoms with E-state index in [1.807, 2.05) is 25.2 Å². The van der Waals surface area contributed by atoms with Gasteiger partial charge in [0.25, 0.3) is 0 Å². The van der Waals surface area contributed by atoms with Crippen LogP contribution < -0.4 is 0 Å². The molecule has 0 aliphatic heterocycles. The Labute approximate surface area is 131 Å². The van der Waals surface area contributed by atoms with Crippen molar-refractivity contribution in [3.63, 3.8) is 0 Å². The van der Waals surface area contributed by atoms with E-state index >= 15 is 0 Å². The molecule has 0 bridgehead atoms. The summed E-state index contributed by atoms with van der Waals surface area (Å²) in [6.45, 7) is 12.9. The van der Waals surface area contributed by atoms with Gasteiger partial charge in [0.15, 0.2) is 0 Å². The molecular weight excluding hydrogens is 256 g/mol. The summed E-state index contributed by atoms with van der Waals surface area (Å²) in [6, 6.07) is 0. The number of rotatable bonds is 5. The monoisotopic (exact) mass is 288 g/mol. The molecule has 0 saturated heterocycles. The molecule has 1 unspecified atom stereocenters. The second-order valence-electron chi connectivity index (χ2n) is 7.22. The first-order valence-electron chi connectivity index (χ1n) is 8.15. The zero-order chi connectivity index (χ0) is 16.1. The lowest BCUT2D eigenvalue weighted by molar-refractivity contribution is 0.164. The predicted octanol–water partition coefficient (Wildman–Crippen LogP) is 5.73. The Hall–Kier alpha value is -1.08. The zero-order valence-corrected chi connectivity index (χ0v) is 14.7. The topological polar surface area (TPSA) is 20.2 Å². The summed E-state index contributed by atoms with van der Waals surface area (Å²) in [5.74, 6) is 0. The fourth-order valence-electron chi connectivity index (χ4n) is 2.84. The molecule has 0 fully saturated rings. The molecule has 1 atom stereocenters. The van der Waals surface area contributed by atoms with Crippen LogP contribution in [0.2, 0.25) is 0 Å². The van der Waals surface area contributed by atoms with E-state index in [0.29, 0.717) is 0 Å². The van der Waals surface area contributed by atoms with Gasteiger partial charge in [0.1, 0.15) is 0 Å². The summed E-state index contributed by atoms with van der Waals surface area (Å²) in [5, 5.41) is 10.5. The average Bonchev–Trinajstić information content (AvgIpc) is 2.36. The van der Waals surface area contributed by atoms with Crippen molar-refractivity contribution in [3.05, 3.63) is 47.1 Å². The van der Waals surface area contributed by atoms with E-state index in [4.69, 9.17) is 0 Å². The van der Waals surface area contributed by atoms with E-state index in [1.54, 1.807) is 0 Å². The molecule has 0 aromatic heterocycles. The van der Waals surface area contributed by atoms with E-state index in [1.165, 1.54) is 36.0 Å². The third-order valence-corrected chi connectivity index (χ3v) is 4.50. The highest BCUT2D eigenvalue weighted by molar-refractivity contribution is 5.34. The third kappa shape index (κ3) is 5.67. The molecular formula is C20H32O. The SMILES string of the molecule is CCC(C)=CC=CC(C)(O)C=CC1=C(C)CCCC1(C)C. The predicted molar refractivity (Wildman–Crippen MR) is 93.3 cm³/mol. The van der Waals surface area contributed by atoms with Crippen LogP contribution in [0.1, 0.15) is 67.2 Å². The minimum absolute atomic E-state index is 0.220. The maximum atomic E-state index is 10.5. The van der Waals surface area contributed by atoms with Crippen LogP contribution >= 0.6 is 0 Å². The van der Waals surface area contributed by atoms with Crippen LogP contribution in [0.3, 0.4) is 0 Å². The highest BCUT2D eigenvalue weighted by atomic mass is 16.3. The van der Waals surface area contributed by atoms with E-state index in [0.717, 1.165) is 6.42 Å². The molecule has 118 valence electrons. The second kappa shape index (κ2) is 7.26. The molecule has 1 nitrogen and oxygen atoms in total. The normalized spacial score (nSPS) is 23.1. The Balaban J connectivity index is 2.87. The van der Waals surface area contributed by atoms with Crippen molar-refractivity contribution in [1.29, 1.82) is 0 Å². The molecule has 1 rings (SSSR count). The van der Waals surface area contributed by atoms with Gasteiger partial charge >= 0.3 is 0 Å². The average molecular weight is 288 g/mol. The summed E-state index contributed by atoms with van der Waals surface area (Å²) in [6.07, 6.45) is 14.7. The van der Waals surface area contributed by atoms with Gasteiger partial charge in [0.2, 0.25) is 0 Å². The summed E-state index contributed by atoms with van der Waals surface area (Å²) in [7, 11) is 0. The fourth-order valence-corrected chi connectivity index (χ4v) is 2.84. The molecule has 0 amide bonds. The minimum atomic E-state index is -0.897. The van der Waals surface area contributed by atoms with Crippen molar-refractivity contribution in [3.8, 4) is 0 Å². The fraction of sp³-hybridized carbons (Fsp3) is 0.600. The van der Waals surface area contributed by atoms with E-state index in [-0.39, 0.29) is 5.41 Å². The Kier molecular flexibility index (Phi) is 6.22. The molecule has 0 spiro atoms. The van der Waals surface area contributed by atoms with Gasteiger partial charge in [-0.2, -0.15) is 0 Å². The lowest BCUT2D eigenvalue weighted by Gasteiger charge is -2.33. The minimum Gasteiger partial charge on any atom is -0.382 e. The molecule has 1 heteroatoms. The standard InChI is InChI=1S/C20H32O/c1-7-16(2)10-8-14-20(6,21)15-12-18-17(3)11-9-13-19(18,4)5/h8,10,12,14-15,21H,7,9,11,13H2,1-6H3. The lowest BCUT2D eigenvalue weighted by Crippen LogP contribution is -2.21. The van der Waals surface area contributed by atoms with Crippen LogP contribution in [0.5, 0.6) is 0 Å². The van der Waals surface area contributed by atoms with Crippen molar-refractivity contribution in [2.45, 2.75) is 72.8 Å². The quantitative estimate of drug-likeness (QED) is 0.640. The van der Waals surface area contributed by atoms with Crippen LogP contribution in [-0.2, 0) is 0 Å². The zero-order valence-electron chi connectivity index (χ0n) is 14.7. The van der Waals surface area contributed by atoms with Gasteiger partial charge in [0, 0.05) is 0 Å². The van der Waals surface area contributed by atoms with Gasteiger partial charge < -0.3 is 5.11 Å². The van der Waals surface area contributed by atoms with Crippen LogP contribution in [0.4, 0.5) is 0 Å². The van der Waals surface area contributed by atoms with E-state index < -0.39 is 5.60 Å². The molecule has 1 aliphatic rings. The molecule has 0 aromatic carbocycles. The first-order valence-corrected chi connectivity index (χ1v) is 8.15. The van der Waals surface area contributed by atoms with Gasteiger partial charge in [-0.25, -0.2) is 0 Å². The van der Waals surface area contributed by atoms with Crippen molar-refractivity contribution in [2.75, 3.05) is 0 Å². The third-order valence-electron chi connectivity index (χ3n) is 4.50. The Bertz CT molecular complexity index is 470. The van der Waals surface area contributed by atoms with Gasteiger partial charge in [0.05, 0.1) is 5.60 Å². The summed E-state index contributed by atoms with van der Waals surface area (Å²) in [5.41, 5.74) is 3.49. The van der Waals surface area contributed by atoms with E-state index in [9.17, 15) is 5.11 Å². The maximum absolute atomic E-state index is 10.5. The van der Waals surface area contributed by atoms with Crippen LogP contribution in [0.15, 0.2) is 47.1 Å². The van der Waals surface area contributed by atoms with Gasteiger partial charge in [-0.05, 0) is 69.6 Å². The molecule has 0 saturated carbocycles. The van der Waals surface area contributed by atoms with Crippen LogP contribution in [-0.4, -0.2) is 10.7 Å². The molecule has 0 aromatic rings. The Morgan fingerprint density at radius 1 is 1.33 bits per heavy atom. The van der Waals surface area contributed by atoms with Crippen LogP contribution in [0, 0.1) is 5.41 Å². The first-order chi connectivity index (χ1) is 9.68. The van der Waals surface area contributed by atoms with Crippen molar-refractivity contribution in [1.82, 2.24) is 0 Å². The highest BCUT2D eigenvalue weighted by Gasteiger charge is 2.27. The van der Waals surface area contributed by atoms with Gasteiger partial charge in [-0.1, -0.05) is 50.1 Å². The van der Waals surface area contributed by atoms with E-state index in [2.05, 4.69) is 46.8 Å². The summed E-state index contributed by atoms with van der Waals surface area (Å²) < 4.78 is 0. The molecule has 0 heterocycles. The molecule has 1 N–H and O–H groups in total. The second-order valence-corrected chi connectivity index (χ2v) is 7.22. The number of allylic oxidation sites excluding steroid dienone is 6. The lowest BCUT2D eigenvalue weighted by atomic mass is 9.72. The molecule has 21 heavy (non-hydrogen) atoms. The number of aliphatic hydroxyl groups is 1. The van der Waals surface area contributed by atoms with Crippen molar-refractivity contribution >= 4 is 0 Å². The first kappa shape index (κ1) is 18.0. The summed E-state index contributed by atoms with van der Waals surface area (Å²) in [4.78, 5) is 0. The van der Waals surface area contributed by atoms with Crippen molar-refractivity contribution < 1.29 is 5.11 Å². The number of hydrogen-bond acceptors (Lipinski definition) is 1. The maximum Gasteiger partial charge on any atom is 0.0986 e. The van der Waals surface area contributed by atoms with Crippen molar-refractivity contribution in [2.24, 2.45) is 5.41 Å². The highest BCUT2D eigenvalue weighted by Crippen LogP contribution is 2.40. The number of hydrogen-bond donors (Lipinski definition) is 1. The Morgan fingerprint density at radius 2 is 2.00 bits per heavy atom. The summed E-state index contributed by atoms with van der Waals surface area (Å²) >= 11 is 0. The largest absolute Gasteiger partial charge is 0.382 e. The van der Waals surface area contributed by atoms with Crippen LogP contribution in [0.25, 0.3) is 0 Å². The van der Waals surface area contributed by atoms with Gasteiger partial charge in [-0.3, -0.25) is 0 Å². The Morgan fingerprint density at radius 3 is 2.57 bits per heavy atom. The molecule has 0 radical (unpaired) electrons.